The van der Waals surface area contributed by atoms with E-state index in [1.807, 2.05) is 53.7 Å². The lowest BCUT2D eigenvalue weighted by Crippen LogP contribution is -2.59. The summed E-state index contributed by atoms with van der Waals surface area (Å²) in [5.74, 6) is -0.670. The topological polar surface area (TPSA) is 176 Å². The van der Waals surface area contributed by atoms with E-state index >= 15 is 0 Å². The van der Waals surface area contributed by atoms with E-state index in [1.165, 1.54) is 38.1 Å². The van der Waals surface area contributed by atoms with Gasteiger partial charge in [0.25, 0.3) is 0 Å². The van der Waals surface area contributed by atoms with Crippen molar-refractivity contribution in [2.75, 3.05) is 13.1 Å². The molecule has 8 unspecified atom stereocenters. The zero-order chi connectivity index (χ0) is 45.5. The lowest BCUT2D eigenvalue weighted by Gasteiger charge is -2.46. The van der Waals surface area contributed by atoms with Gasteiger partial charge in [0.15, 0.2) is 0 Å². The van der Waals surface area contributed by atoms with Crippen LogP contribution in [-0.2, 0) is 31.9 Å². The van der Waals surface area contributed by atoms with Gasteiger partial charge < -0.3 is 50.0 Å². The predicted octanol–water partition coefficient (Wildman–Crippen LogP) is 6.09. The SMILES string of the molecule is CC(=O)NCCc1ccc(OC2OC(C)(C)C(C)C(O)C2O)cc1-c1cccc(F)c1.CC(=O)NCCc1ccc(OC2OC(C)(C)C(C)C(O)C2O)cc1-c1cccc(F)c1. The number of benzene rings is 4. The summed E-state index contributed by atoms with van der Waals surface area (Å²) in [6.45, 7) is 14.8. The number of amides is 2. The number of hydrogen-bond acceptors (Lipinski definition) is 10. The predicted molar refractivity (Wildman–Crippen MR) is 230 cm³/mol. The summed E-state index contributed by atoms with van der Waals surface area (Å²) < 4.78 is 51.4. The number of hydrogen-bond donors (Lipinski definition) is 6. The van der Waals surface area contributed by atoms with Gasteiger partial charge in [-0.25, -0.2) is 8.78 Å². The third kappa shape index (κ3) is 12.1. The molecule has 0 aromatic heterocycles. The summed E-state index contributed by atoms with van der Waals surface area (Å²) in [6.07, 6.45) is -5.39. The molecular formula is C48H60F2N2O10. The Labute approximate surface area is 362 Å². The van der Waals surface area contributed by atoms with Gasteiger partial charge in [-0.05, 0) is 122 Å². The zero-order valence-electron chi connectivity index (χ0n) is 36.5. The van der Waals surface area contributed by atoms with Crippen molar-refractivity contribution in [3.63, 3.8) is 0 Å². The number of ether oxygens (including phenoxy) is 4. The third-order valence-electron chi connectivity index (χ3n) is 11.8. The summed E-state index contributed by atoms with van der Waals surface area (Å²) >= 11 is 0. The summed E-state index contributed by atoms with van der Waals surface area (Å²) in [5, 5.41) is 47.2. The van der Waals surface area contributed by atoms with Crippen molar-refractivity contribution < 1.29 is 57.7 Å². The highest BCUT2D eigenvalue weighted by molar-refractivity contribution is 5.74. The second-order valence-corrected chi connectivity index (χ2v) is 17.1. The number of halogens is 2. The Morgan fingerprint density at radius 2 is 0.968 bits per heavy atom. The van der Waals surface area contributed by atoms with Crippen LogP contribution in [0.3, 0.4) is 0 Å². The highest BCUT2D eigenvalue weighted by atomic mass is 19.1. The van der Waals surface area contributed by atoms with E-state index in [2.05, 4.69) is 10.6 Å². The third-order valence-corrected chi connectivity index (χ3v) is 11.8. The van der Waals surface area contributed by atoms with Gasteiger partial charge in [-0.3, -0.25) is 9.59 Å². The molecule has 6 N–H and O–H groups in total. The van der Waals surface area contributed by atoms with Crippen LogP contribution in [0.25, 0.3) is 22.3 Å². The molecule has 2 heterocycles. The van der Waals surface area contributed by atoms with Crippen molar-refractivity contribution in [3.8, 4) is 33.8 Å². The van der Waals surface area contributed by atoms with Crippen molar-refractivity contribution >= 4 is 11.8 Å². The second-order valence-electron chi connectivity index (χ2n) is 17.1. The molecule has 4 aromatic carbocycles. The molecule has 6 rings (SSSR count). The molecule has 8 atom stereocenters. The average molecular weight is 863 g/mol. The fourth-order valence-corrected chi connectivity index (χ4v) is 7.43. The summed E-state index contributed by atoms with van der Waals surface area (Å²) in [7, 11) is 0. The number of nitrogens with one attached hydrogen (secondary N) is 2. The molecular weight excluding hydrogens is 803 g/mol. The minimum absolute atomic E-state index is 0.119. The molecule has 0 radical (unpaired) electrons. The molecule has 4 aromatic rings. The highest BCUT2D eigenvalue weighted by Gasteiger charge is 2.49. The van der Waals surface area contributed by atoms with Gasteiger partial charge in [0.2, 0.25) is 24.4 Å². The average Bonchev–Trinajstić information content (AvgIpc) is 3.21. The standard InChI is InChI=1S/2C24H30FNO5/c2*1-14-21(28)22(29)23(31-24(14,3)4)30-19-9-8-16(10-11-26-15(2)27)20(13-19)17-6-5-7-18(25)12-17/h2*5-9,12-14,21-23,28-29H,10-11H2,1-4H3,(H,26,27). The van der Waals surface area contributed by atoms with Crippen LogP contribution in [0.2, 0.25) is 0 Å². The lowest BCUT2D eigenvalue weighted by molar-refractivity contribution is -0.285. The van der Waals surface area contributed by atoms with Crippen LogP contribution < -0.4 is 20.1 Å². The van der Waals surface area contributed by atoms with E-state index in [0.29, 0.717) is 48.6 Å². The van der Waals surface area contributed by atoms with Gasteiger partial charge in [0.1, 0.15) is 35.3 Å². The molecule has 14 heteroatoms. The van der Waals surface area contributed by atoms with Crippen LogP contribution in [0.15, 0.2) is 84.9 Å². The maximum absolute atomic E-state index is 13.9. The van der Waals surface area contributed by atoms with Gasteiger partial charge in [0.05, 0.1) is 23.4 Å². The maximum atomic E-state index is 13.9. The Hall–Kier alpha value is -4.96. The molecule has 2 aliphatic rings. The van der Waals surface area contributed by atoms with Crippen LogP contribution >= 0.6 is 0 Å². The number of carbonyl (C=O) groups is 2. The Morgan fingerprint density at radius 1 is 0.597 bits per heavy atom. The Kier molecular flexibility index (Phi) is 15.9. The van der Waals surface area contributed by atoms with Crippen LogP contribution in [-0.4, -0.2) is 93.5 Å². The maximum Gasteiger partial charge on any atom is 0.229 e. The van der Waals surface area contributed by atoms with E-state index in [-0.39, 0.29) is 35.3 Å². The van der Waals surface area contributed by atoms with Crippen LogP contribution in [0.4, 0.5) is 8.78 Å². The largest absolute Gasteiger partial charge is 0.462 e. The first-order valence-electron chi connectivity index (χ1n) is 20.8. The van der Waals surface area contributed by atoms with Gasteiger partial charge in [-0.15, -0.1) is 0 Å². The van der Waals surface area contributed by atoms with Gasteiger partial charge in [0, 0.05) is 38.8 Å². The minimum atomic E-state index is -1.21. The van der Waals surface area contributed by atoms with Gasteiger partial charge >= 0.3 is 0 Å². The molecule has 2 amide bonds. The molecule has 0 aliphatic carbocycles. The van der Waals surface area contributed by atoms with E-state index in [9.17, 15) is 38.8 Å². The summed E-state index contributed by atoms with van der Waals surface area (Å²) in [5.41, 5.74) is 3.28. The summed E-state index contributed by atoms with van der Waals surface area (Å²) in [4.78, 5) is 22.4. The quantitative estimate of drug-likeness (QED) is 0.0979. The van der Waals surface area contributed by atoms with E-state index in [0.717, 1.165) is 22.3 Å². The monoisotopic (exact) mass is 862 g/mol. The van der Waals surface area contributed by atoms with Gasteiger partial charge in [-0.1, -0.05) is 50.2 Å². The molecule has 336 valence electrons. The van der Waals surface area contributed by atoms with Crippen molar-refractivity contribution in [1.82, 2.24) is 10.6 Å². The molecule has 0 bridgehead atoms. The first-order valence-corrected chi connectivity index (χ1v) is 20.8. The Balaban J connectivity index is 0.000000234. The molecule has 0 saturated carbocycles. The molecule has 62 heavy (non-hydrogen) atoms. The number of aliphatic hydroxyl groups excluding tert-OH is 4. The molecule has 2 saturated heterocycles. The Morgan fingerprint density at radius 3 is 1.31 bits per heavy atom. The van der Waals surface area contributed by atoms with E-state index in [1.54, 1.807) is 48.5 Å². The zero-order valence-corrected chi connectivity index (χ0v) is 36.5. The fraction of sp³-hybridized carbons (Fsp3) is 0.458. The first kappa shape index (κ1) is 48.1. The molecule has 12 nitrogen and oxygen atoms in total. The number of rotatable bonds is 12. The summed E-state index contributed by atoms with van der Waals surface area (Å²) in [6, 6.07) is 23.1. The van der Waals surface area contributed by atoms with Crippen molar-refractivity contribution in [1.29, 1.82) is 0 Å². The van der Waals surface area contributed by atoms with Crippen molar-refractivity contribution in [3.05, 3.63) is 108 Å². The smallest absolute Gasteiger partial charge is 0.229 e. The van der Waals surface area contributed by atoms with Crippen LogP contribution in [0.1, 0.15) is 66.5 Å². The van der Waals surface area contributed by atoms with Crippen LogP contribution in [0.5, 0.6) is 11.5 Å². The second kappa shape index (κ2) is 20.5. The lowest BCUT2D eigenvalue weighted by atomic mass is 9.82. The van der Waals surface area contributed by atoms with Crippen LogP contribution in [0, 0.1) is 23.5 Å². The number of carbonyl (C=O) groups excluding carboxylic acids is 2. The van der Waals surface area contributed by atoms with E-state index < -0.39 is 48.2 Å². The first-order chi connectivity index (χ1) is 29.2. The molecule has 2 fully saturated rings. The number of aliphatic hydroxyl groups is 4. The Bertz CT molecular complexity index is 2010. The van der Waals surface area contributed by atoms with Gasteiger partial charge in [-0.2, -0.15) is 0 Å². The minimum Gasteiger partial charge on any atom is -0.462 e. The fourth-order valence-electron chi connectivity index (χ4n) is 7.43. The highest BCUT2D eigenvalue weighted by Crippen LogP contribution is 2.38. The van der Waals surface area contributed by atoms with Crippen molar-refractivity contribution in [2.45, 2.75) is 116 Å². The van der Waals surface area contributed by atoms with E-state index in [4.69, 9.17) is 18.9 Å². The molecule has 2 aliphatic heterocycles. The normalized spacial score (nSPS) is 25.1. The molecule has 0 spiro atoms. The van der Waals surface area contributed by atoms with Crippen molar-refractivity contribution in [2.24, 2.45) is 11.8 Å².